The zero-order valence-corrected chi connectivity index (χ0v) is 9.97. The Balaban J connectivity index is 2.39. The summed E-state index contributed by atoms with van der Waals surface area (Å²) in [5.41, 5.74) is 4.29. The molecule has 2 rings (SSSR count). The number of benzene rings is 1. The molecular weight excluding hydrogens is 257 g/mol. The summed E-state index contributed by atoms with van der Waals surface area (Å²) >= 11 is 0. The van der Waals surface area contributed by atoms with E-state index in [1.165, 1.54) is 4.90 Å². The topological polar surface area (TPSA) is 98.7 Å². The van der Waals surface area contributed by atoms with Crippen molar-refractivity contribution in [3.05, 3.63) is 33.6 Å². The number of anilines is 1. The number of morpholine rings is 1. The third-order valence-electron chi connectivity index (χ3n) is 2.84. The first-order valence-corrected chi connectivity index (χ1v) is 5.61. The van der Waals surface area contributed by atoms with E-state index in [0.717, 1.165) is 6.07 Å². The molecule has 0 spiro atoms. The van der Waals surface area contributed by atoms with E-state index in [-0.39, 0.29) is 11.3 Å². The average Bonchev–Trinajstić information content (AvgIpc) is 2.41. The van der Waals surface area contributed by atoms with Gasteiger partial charge in [-0.05, 0) is 6.07 Å². The smallest absolute Gasteiger partial charge is 0.285 e. The van der Waals surface area contributed by atoms with Gasteiger partial charge in [0.1, 0.15) is 5.56 Å². The molecule has 0 unspecified atom stereocenters. The highest BCUT2D eigenvalue weighted by Crippen LogP contribution is 2.25. The molecule has 1 aromatic rings. The van der Waals surface area contributed by atoms with Gasteiger partial charge in [-0.1, -0.05) is 0 Å². The number of nitrogen functional groups attached to an aromatic ring is 1. The van der Waals surface area contributed by atoms with Crippen LogP contribution >= 0.6 is 0 Å². The molecule has 7 nitrogen and oxygen atoms in total. The highest BCUT2D eigenvalue weighted by Gasteiger charge is 2.27. The second kappa shape index (κ2) is 5.19. The predicted molar refractivity (Wildman–Crippen MR) is 64.2 cm³/mol. The zero-order chi connectivity index (χ0) is 14.0. The third kappa shape index (κ3) is 2.63. The average molecular weight is 269 g/mol. The highest BCUT2D eigenvalue weighted by molar-refractivity contribution is 5.99. The number of carbonyl (C=O) groups is 1. The van der Waals surface area contributed by atoms with Crippen molar-refractivity contribution < 1.29 is 18.8 Å². The Bertz CT molecular complexity index is 529. The molecular formula is C11H12FN3O4. The molecule has 0 bridgehead atoms. The van der Waals surface area contributed by atoms with E-state index in [1.807, 2.05) is 0 Å². The molecule has 1 saturated heterocycles. The molecule has 0 saturated carbocycles. The standard InChI is InChI=1S/C11H12FN3O4/c12-8-6-10(15(17)18)7(5-9(8)13)11(16)14-1-3-19-4-2-14/h5-6H,1-4,13H2. The summed E-state index contributed by atoms with van der Waals surface area (Å²) in [7, 11) is 0. The summed E-state index contributed by atoms with van der Waals surface area (Å²) < 4.78 is 18.3. The van der Waals surface area contributed by atoms with Crippen molar-refractivity contribution in [2.45, 2.75) is 0 Å². The minimum absolute atomic E-state index is 0.203. The number of nitrogens with two attached hydrogens (primary N) is 1. The molecule has 2 N–H and O–H groups in total. The van der Waals surface area contributed by atoms with Crippen molar-refractivity contribution in [3.63, 3.8) is 0 Å². The van der Waals surface area contributed by atoms with Gasteiger partial charge in [-0.3, -0.25) is 14.9 Å². The summed E-state index contributed by atoms with van der Waals surface area (Å²) in [6, 6.07) is 1.67. The van der Waals surface area contributed by atoms with Crippen LogP contribution in [0.3, 0.4) is 0 Å². The fourth-order valence-electron chi connectivity index (χ4n) is 1.84. The second-order valence-corrected chi connectivity index (χ2v) is 4.05. The maximum Gasteiger partial charge on any atom is 0.285 e. The number of carbonyl (C=O) groups excluding carboxylic acids is 1. The van der Waals surface area contributed by atoms with Crippen molar-refractivity contribution in [1.82, 2.24) is 4.90 Å². The predicted octanol–water partition coefficient (Wildman–Crippen LogP) is 0.788. The minimum atomic E-state index is -0.912. The molecule has 8 heteroatoms. The Morgan fingerprint density at radius 3 is 2.63 bits per heavy atom. The van der Waals surface area contributed by atoms with E-state index in [2.05, 4.69) is 0 Å². The number of nitro groups is 1. The van der Waals surface area contributed by atoms with Crippen molar-refractivity contribution in [2.75, 3.05) is 32.0 Å². The number of rotatable bonds is 2. The lowest BCUT2D eigenvalue weighted by molar-refractivity contribution is -0.385. The Labute approximate surface area is 107 Å². The molecule has 1 amide bonds. The van der Waals surface area contributed by atoms with Gasteiger partial charge in [0, 0.05) is 13.1 Å². The van der Waals surface area contributed by atoms with E-state index in [9.17, 15) is 19.3 Å². The van der Waals surface area contributed by atoms with Gasteiger partial charge < -0.3 is 15.4 Å². The van der Waals surface area contributed by atoms with Crippen LogP contribution in [0.25, 0.3) is 0 Å². The van der Waals surface area contributed by atoms with Gasteiger partial charge in [-0.25, -0.2) is 4.39 Å². The van der Waals surface area contributed by atoms with E-state index >= 15 is 0 Å². The maximum atomic E-state index is 13.3. The first-order valence-electron chi connectivity index (χ1n) is 5.61. The summed E-state index contributed by atoms with van der Waals surface area (Å²) in [5.74, 6) is -1.45. The van der Waals surface area contributed by atoms with Crippen LogP contribution in [0.4, 0.5) is 15.8 Å². The van der Waals surface area contributed by atoms with E-state index in [1.54, 1.807) is 0 Å². The van der Waals surface area contributed by atoms with E-state index in [0.29, 0.717) is 32.4 Å². The van der Waals surface area contributed by atoms with Gasteiger partial charge in [0.25, 0.3) is 11.6 Å². The van der Waals surface area contributed by atoms with Gasteiger partial charge in [0.2, 0.25) is 0 Å². The lowest BCUT2D eigenvalue weighted by Crippen LogP contribution is -2.40. The molecule has 19 heavy (non-hydrogen) atoms. The van der Waals surface area contributed by atoms with Crippen LogP contribution in [-0.2, 0) is 4.74 Å². The van der Waals surface area contributed by atoms with Crippen LogP contribution in [0.15, 0.2) is 12.1 Å². The minimum Gasteiger partial charge on any atom is -0.396 e. The number of nitrogens with zero attached hydrogens (tertiary/aromatic N) is 2. The van der Waals surface area contributed by atoms with Crippen LogP contribution in [0.2, 0.25) is 0 Å². The molecule has 1 aliphatic rings. The van der Waals surface area contributed by atoms with Gasteiger partial charge in [0.05, 0.1) is 29.9 Å². The number of hydrogen-bond donors (Lipinski definition) is 1. The molecule has 1 aromatic carbocycles. The summed E-state index contributed by atoms with van der Waals surface area (Å²) in [5, 5.41) is 10.9. The second-order valence-electron chi connectivity index (χ2n) is 4.05. The lowest BCUT2D eigenvalue weighted by atomic mass is 10.1. The number of ether oxygens (including phenoxy) is 1. The normalized spacial score (nSPS) is 15.3. The van der Waals surface area contributed by atoms with Crippen LogP contribution < -0.4 is 5.73 Å². The quantitative estimate of drug-likeness (QED) is 0.486. The first-order chi connectivity index (χ1) is 9.00. The van der Waals surface area contributed by atoms with Gasteiger partial charge >= 0.3 is 0 Å². The first kappa shape index (κ1) is 13.2. The largest absolute Gasteiger partial charge is 0.396 e. The van der Waals surface area contributed by atoms with Crippen LogP contribution in [0.5, 0.6) is 0 Å². The summed E-state index contributed by atoms with van der Waals surface area (Å²) in [6.45, 7) is 1.42. The molecule has 102 valence electrons. The van der Waals surface area contributed by atoms with Crippen LogP contribution in [0, 0.1) is 15.9 Å². The Kier molecular flexibility index (Phi) is 3.61. The molecule has 0 aliphatic carbocycles. The molecule has 1 aliphatic heterocycles. The van der Waals surface area contributed by atoms with E-state index < -0.39 is 22.3 Å². The SMILES string of the molecule is Nc1cc(C(=O)N2CCOCC2)c([N+](=O)[O-])cc1F. The Morgan fingerprint density at radius 2 is 2.05 bits per heavy atom. The van der Waals surface area contributed by atoms with Crippen molar-refractivity contribution in [3.8, 4) is 0 Å². The molecule has 1 heterocycles. The number of halogens is 1. The molecule has 0 radical (unpaired) electrons. The molecule has 0 atom stereocenters. The van der Waals surface area contributed by atoms with Crippen molar-refractivity contribution in [2.24, 2.45) is 0 Å². The van der Waals surface area contributed by atoms with E-state index in [4.69, 9.17) is 10.5 Å². The Morgan fingerprint density at radius 1 is 1.42 bits per heavy atom. The Hall–Kier alpha value is -2.22. The van der Waals surface area contributed by atoms with Crippen molar-refractivity contribution in [1.29, 1.82) is 0 Å². The summed E-state index contributed by atoms with van der Waals surface area (Å²) in [6.07, 6.45) is 0. The number of amides is 1. The molecule has 1 fully saturated rings. The van der Waals surface area contributed by atoms with Gasteiger partial charge in [-0.2, -0.15) is 0 Å². The fraction of sp³-hybridized carbons (Fsp3) is 0.364. The van der Waals surface area contributed by atoms with Crippen molar-refractivity contribution >= 4 is 17.3 Å². The highest BCUT2D eigenvalue weighted by atomic mass is 19.1. The van der Waals surface area contributed by atoms with Gasteiger partial charge in [-0.15, -0.1) is 0 Å². The number of nitro benzene ring substituents is 1. The zero-order valence-electron chi connectivity index (χ0n) is 9.97. The third-order valence-corrected chi connectivity index (χ3v) is 2.84. The maximum absolute atomic E-state index is 13.3. The van der Waals surface area contributed by atoms with Gasteiger partial charge in [0.15, 0.2) is 5.82 Å². The monoisotopic (exact) mass is 269 g/mol. The van der Waals surface area contributed by atoms with Crippen LogP contribution in [-0.4, -0.2) is 42.0 Å². The summed E-state index contributed by atoms with van der Waals surface area (Å²) in [4.78, 5) is 23.7. The number of hydrogen-bond acceptors (Lipinski definition) is 5. The lowest BCUT2D eigenvalue weighted by Gasteiger charge is -2.26. The van der Waals surface area contributed by atoms with Crippen LogP contribution in [0.1, 0.15) is 10.4 Å². The molecule has 0 aromatic heterocycles. The fourth-order valence-corrected chi connectivity index (χ4v) is 1.84.